The summed E-state index contributed by atoms with van der Waals surface area (Å²) in [5, 5.41) is 0.639. The summed E-state index contributed by atoms with van der Waals surface area (Å²) in [5.41, 5.74) is -0.597. The van der Waals surface area contributed by atoms with Gasteiger partial charge < -0.3 is 0 Å². The van der Waals surface area contributed by atoms with Crippen LogP contribution in [0.2, 0.25) is 0 Å². The first kappa shape index (κ1) is 10.1. The van der Waals surface area contributed by atoms with E-state index in [4.69, 9.17) is 5.84 Å². The van der Waals surface area contributed by atoms with Crippen molar-refractivity contribution in [2.75, 3.05) is 0 Å². The fourth-order valence-corrected chi connectivity index (χ4v) is 0.504. The molecule has 0 saturated heterocycles. The van der Waals surface area contributed by atoms with Crippen molar-refractivity contribution >= 4 is 11.8 Å². The third kappa shape index (κ3) is 2.67. The summed E-state index contributed by atoms with van der Waals surface area (Å²) >= 11 is 0. The number of rotatable bonds is 0. The molecular weight excluding hydrogens is 144 g/mol. The highest BCUT2D eigenvalue weighted by Gasteiger charge is 2.27. The van der Waals surface area contributed by atoms with Crippen LogP contribution in [0, 0.1) is 5.41 Å². The third-order valence-corrected chi connectivity index (χ3v) is 1.20. The molecule has 0 saturated carbocycles. The van der Waals surface area contributed by atoms with E-state index in [0.29, 0.717) is 5.01 Å². The van der Waals surface area contributed by atoms with Gasteiger partial charge in [0.1, 0.15) is 0 Å². The standard InChI is InChI=1S/C7H14N2O2/c1-5(10)9(8)6(11)7(2,3)4/h8H2,1-4H3. The maximum Gasteiger partial charge on any atom is 0.248 e. The molecule has 0 unspecified atom stereocenters. The van der Waals surface area contributed by atoms with E-state index in [1.54, 1.807) is 20.8 Å². The first-order valence-corrected chi connectivity index (χ1v) is 3.36. The predicted molar refractivity (Wildman–Crippen MR) is 41.2 cm³/mol. The average molecular weight is 158 g/mol. The van der Waals surface area contributed by atoms with E-state index in [-0.39, 0.29) is 5.91 Å². The van der Waals surface area contributed by atoms with Gasteiger partial charge in [-0.1, -0.05) is 20.8 Å². The second-order valence-electron chi connectivity index (χ2n) is 3.44. The molecule has 2 N–H and O–H groups in total. The first-order chi connectivity index (χ1) is 4.76. The molecule has 0 radical (unpaired) electrons. The number of amides is 2. The molecule has 0 spiro atoms. The maximum atomic E-state index is 11.2. The third-order valence-electron chi connectivity index (χ3n) is 1.20. The molecule has 4 nitrogen and oxygen atoms in total. The lowest BCUT2D eigenvalue weighted by Crippen LogP contribution is -2.46. The smallest absolute Gasteiger partial charge is 0.248 e. The van der Waals surface area contributed by atoms with Crippen LogP contribution >= 0.6 is 0 Å². The van der Waals surface area contributed by atoms with Gasteiger partial charge in [0, 0.05) is 12.3 Å². The number of nitrogens with zero attached hydrogens (tertiary/aromatic N) is 1. The van der Waals surface area contributed by atoms with E-state index < -0.39 is 11.3 Å². The molecule has 0 aliphatic heterocycles. The monoisotopic (exact) mass is 158 g/mol. The molecular formula is C7H14N2O2. The second-order valence-corrected chi connectivity index (χ2v) is 3.44. The van der Waals surface area contributed by atoms with Gasteiger partial charge in [-0.2, -0.15) is 0 Å². The number of hydrogen-bond acceptors (Lipinski definition) is 3. The Kier molecular flexibility index (Phi) is 2.76. The highest BCUT2D eigenvalue weighted by atomic mass is 16.2. The van der Waals surface area contributed by atoms with Gasteiger partial charge in [-0.25, -0.2) is 10.9 Å². The molecule has 0 aliphatic rings. The molecule has 4 heteroatoms. The molecule has 2 amide bonds. The lowest BCUT2D eigenvalue weighted by molar-refractivity contribution is -0.149. The normalized spacial score (nSPS) is 11.0. The number of carbonyl (C=O) groups excluding carboxylic acids is 2. The van der Waals surface area contributed by atoms with Crippen molar-refractivity contribution in [1.82, 2.24) is 5.01 Å². The van der Waals surface area contributed by atoms with Crippen molar-refractivity contribution < 1.29 is 9.59 Å². The van der Waals surface area contributed by atoms with Gasteiger partial charge >= 0.3 is 0 Å². The zero-order valence-corrected chi connectivity index (χ0v) is 7.34. The maximum absolute atomic E-state index is 11.2. The van der Waals surface area contributed by atoms with Crippen LogP contribution in [0.4, 0.5) is 0 Å². The largest absolute Gasteiger partial charge is 0.273 e. The van der Waals surface area contributed by atoms with E-state index in [1.807, 2.05) is 0 Å². The minimum absolute atomic E-state index is 0.370. The summed E-state index contributed by atoms with van der Waals surface area (Å²) in [6.45, 7) is 6.37. The van der Waals surface area contributed by atoms with Crippen molar-refractivity contribution in [2.45, 2.75) is 27.7 Å². The van der Waals surface area contributed by atoms with Gasteiger partial charge in [0.25, 0.3) is 0 Å². The molecule has 64 valence electrons. The van der Waals surface area contributed by atoms with E-state index >= 15 is 0 Å². The van der Waals surface area contributed by atoms with Crippen LogP contribution in [-0.2, 0) is 9.59 Å². The Morgan fingerprint density at radius 2 is 1.64 bits per heavy atom. The molecule has 0 aromatic heterocycles. The van der Waals surface area contributed by atoms with Crippen LogP contribution in [0.25, 0.3) is 0 Å². The SMILES string of the molecule is CC(=O)N(N)C(=O)C(C)(C)C. The fraction of sp³-hybridized carbons (Fsp3) is 0.714. The van der Waals surface area contributed by atoms with Gasteiger partial charge in [0.2, 0.25) is 11.8 Å². The molecule has 11 heavy (non-hydrogen) atoms. The van der Waals surface area contributed by atoms with Crippen LogP contribution in [0.3, 0.4) is 0 Å². The Labute approximate surface area is 66.3 Å². The Balaban J connectivity index is 4.39. The Hall–Kier alpha value is -0.900. The average Bonchev–Trinajstić information content (AvgIpc) is 1.82. The number of imide groups is 1. The van der Waals surface area contributed by atoms with Crippen molar-refractivity contribution in [2.24, 2.45) is 11.3 Å². The van der Waals surface area contributed by atoms with E-state index in [2.05, 4.69) is 0 Å². The minimum atomic E-state index is -0.597. The number of hydrazine groups is 1. The van der Waals surface area contributed by atoms with Gasteiger partial charge in [-0.15, -0.1) is 0 Å². The van der Waals surface area contributed by atoms with Crippen molar-refractivity contribution in [3.63, 3.8) is 0 Å². The Morgan fingerprint density at radius 3 is 1.73 bits per heavy atom. The zero-order chi connectivity index (χ0) is 9.23. The van der Waals surface area contributed by atoms with Gasteiger partial charge in [-0.05, 0) is 0 Å². The summed E-state index contributed by atoms with van der Waals surface area (Å²) in [5.74, 6) is 4.37. The lowest BCUT2D eigenvalue weighted by atomic mass is 9.95. The second kappa shape index (κ2) is 3.00. The van der Waals surface area contributed by atoms with Crippen LogP contribution in [0.5, 0.6) is 0 Å². The van der Waals surface area contributed by atoms with Crippen molar-refractivity contribution in [3.8, 4) is 0 Å². The van der Waals surface area contributed by atoms with Crippen LogP contribution < -0.4 is 5.84 Å². The van der Waals surface area contributed by atoms with Crippen LogP contribution in [-0.4, -0.2) is 16.8 Å². The molecule has 0 atom stereocenters. The Bertz CT molecular complexity index is 181. The topological polar surface area (TPSA) is 63.4 Å². The van der Waals surface area contributed by atoms with Crippen molar-refractivity contribution in [1.29, 1.82) is 0 Å². The molecule has 0 aromatic rings. The number of nitrogens with two attached hydrogens (primary N) is 1. The highest BCUT2D eigenvalue weighted by molar-refractivity contribution is 5.95. The number of carbonyl (C=O) groups is 2. The van der Waals surface area contributed by atoms with E-state index in [9.17, 15) is 9.59 Å². The fourth-order valence-electron chi connectivity index (χ4n) is 0.504. The van der Waals surface area contributed by atoms with Gasteiger partial charge in [0.15, 0.2) is 0 Å². The zero-order valence-electron chi connectivity index (χ0n) is 7.34. The summed E-state index contributed by atoms with van der Waals surface area (Å²) in [7, 11) is 0. The molecule has 0 bridgehead atoms. The van der Waals surface area contributed by atoms with Crippen molar-refractivity contribution in [3.05, 3.63) is 0 Å². The summed E-state index contributed by atoms with van der Waals surface area (Å²) in [4.78, 5) is 21.8. The van der Waals surface area contributed by atoms with Gasteiger partial charge in [0.05, 0.1) is 0 Å². The number of hydrogen-bond donors (Lipinski definition) is 1. The molecule has 0 fully saturated rings. The summed E-state index contributed by atoms with van der Waals surface area (Å²) in [6, 6.07) is 0. The molecule has 0 aliphatic carbocycles. The minimum Gasteiger partial charge on any atom is -0.273 e. The molecule has 0 rings (SSSR count). The summed E-state index contributed by atoms with van der Waals surface area (Å²) in [6.07, 6.45) is 0. The van der Waals surface area contributed by atoms with Gasteiger partial charge in [-0.3, -0.25) is 9.59 Å². The Morgan fingerprint density at radius 1 is 1.27 bits per heavy atom. The van der Waals surface area contributed by atoms with Crippen LogP contribution in [0.1, 0.15) is 27.7 Å². The molecule has 0 heterocycles. The highest BCUT2D eigenvalue weighted by Crippen LogP contribution is 2.15. The van der Waals surface area contributed by atoms with E-state index in [1.165, 1.54) is 6.92 Å². The predicted octanol–water partition coefficient (Wildman–Crippen LogP) is 0.281. The van der Waals surface area contributed by atoms with E-state index in [0.717, 1.165) is 0 Å². The lowest BCUT2D eigenvalue weighted by Gasteiger charge is -2.22. The van der Waals surface area contributed by atoms with Crippen LogP contribution in [0.15, 0.2) is 0 Å². The molecule has 0 aromatic carbocycles. The summed E-state index contributed by atoms with van der Waals surface area (Å²) < 4.78 is 0. The quantitative estimate of drug-likeness (QED) is 0.313. The first-order valence-electron chi connectivity index (χ1n) is 3.36.